The van der Waals surface area contributed by atoms with E-state index >= 15 is 0 Å². The highest BCUT2D eigenvalue weighted by atomic mass is 32.2. The van der Waals surface area contributed by atoms with Gasteiger partial charge in [0.05, 0.1) is 10.6 Å². The summed E-state index contributed by atoms with van der Waals surface area (Å²) in [7, 11) is -3.70. The maximum atomic E-state index is 13.1. The number of amides is 1. The number of hydrogen-bond acceptors (Lipinski definition) is 4. The van der Waals surface area contributed by atoms with Crippen LogP contribution in [-0.2, 0) is 16.4 Å². The molecule has 0 spiro atoms. The molecule has 1 N–H and O–H groups in total. The number of anilines is 2. The zero-order chi connectivity index (χ0) is 22.4. The van der Waals surface area contributed by atoms with Crippen molar-refractivity contribution < 1.29 is 13.2 Å². The minimum atomic E-state index is -3.70. The Bertz CT molecular complexity index is 1140. The Hall–Kier alpha value is -2.77. The van der Waals surface area contributed by atoms with Gasteiger partial charge in [-0.2, -0.15) is 0 Å². The van der Waals surface area contributed by atoms with Gasteiger partial charge in [-0.3, -0.25) is 9.10 Å². The molecule has 0 fully saturated rings. The highest BCUT2D eigenvalue weighted by Gasteiger charge is 2.23. The number of carbonyl (C=O) groups is 1. The van der Waals surface area contributed by atoms with Crippen LogP contribution in [0.1, 0.15) is 29.8 Å². The molecule has 0 aromatic heterocycles. The van der Waals surface area contributed by atoms with Crippen LogP contribution >= 0.6 is 11.8 Å². The second-order valence-corrected chi connectivity index (χ2v) is 9.60. The quantitative estimate of drug-likeness (QED) is 0.460. The zero-order valence-corrected chi connectivity index (χ0v) is 19.5. The summed E-state index contributed by atoms with van der Waals surface area (Å²) >= 11 is 1.56. The number of nitrogens with zero attached hydrogens (tertiary/aromatic N) is 1. The van der Waals surface area contributed by atoms with E-state index in [9.17, 15) is 13.2 Å². The maximum absolute atomic E-state index is 13.1. The number of nitrogens with one attached hydrogen (secondary N) is 1. The Labute approximate surface area is 188 Å². The van der Waals surface area contributed by atoms with Gasteiger partial charge in [0.15, 0.2) is 0 Å². The lowest BCUT2D eigenvalue weighted by Gasteiger charge is -2.23. The molecule has 3 aromatic carbocycles. The third kappa shape index (κ3) is 5.11. The van der Waals surface area contributed by atoms with Crippen molar-refractivity contribution >= 4 is 39.1 Å². The Kier molecular flexibility index (Phi) is 7.41. The number of sulfonamides is 1. The summed E-state index contributed by atoms with van der Waals surface area (Å²) < 4.78 is 27.6. The molecule has 3 rings (SSSR count). The van der Waals surface area contributed by atoms with Crippen molar-refractivity contribution in [3.8, 4) is 0 Å². The van der Waals surface area contributed by atoms with Gasteiger partial charge in [0.25, 0.3) is 15.9 Å². The molecule has 31 heavy (non-hydrogen) atoms. The van der Waals surface area contributed by atoms with Crippen molar-refractivity contribution in [3.05, 3.63) is 83.9 Å². The summed E-state index contributed by atoms with van der Waals surface area (Å²) in [5, 5.41) is 2.93. The molecule has 0 saturated carbocycles. The molecule has 7 heteroatoms. The van der Waals surface area contributed by atoms with Gasteiger partial charge in [0, 0.05) is 22.7 Å². The van der Waals surface area contributed by atoms with Crippen LogP contribution in [0.3, 0.4) is 0 Å². The molecular formula is C24H26N2O3S2. The molecule has 0 unspecified atom stereocenters. The van der Waals surface area contributed by atoms with Crippen molar-refractivity contribution in [1.82, 2.24) is 0 Å². The van der Waals surface area contributed by atoms with Crippen LogP contribution in [0.4, 0.5) is 11.4 Å². The van der Waals surface area contributed by atoms with Gasteiger partial charge in [-0.1, -0.05) is 25.1 Å². The number of aryl methyl sites for hydroxylation is 1. The van der Waals surface area contributed by atoms with Crippen molar-refractivity contribution in [2.45, 2.75) is 30.1 Å². The van der Waals surface area contributed by atoms with Crippen LogP contribution in [0.5, 0.6) is 0 Å². The van der Waals surface area contributed by atoms with Crippen LogP contribution < -0.4 is 9.62 Å². The molecule has 0 aliphatic heterocycles. The summed E-state index contributed by atoms with van der Waals surface area (Å²) in [6.07, 6.45) is 2.76. The molecule has 0 radical (unpaired) electrons. The van der Waals surface area contributed by atoms with E-state index in [2.05, 4.69) is 5.32 Å². The highest BCUT2D eigenvalue weighted by molar-refractivity contribution is 7.98. The number of carbonyl (C=O) groups excluding carboxylic acids is 1. The molecule has 0 bridgehead atoms. The summed E-state index contributed by atoms with van der Waals surface area (Å²) in [5.74, 6) is -0.231. The van der Waals surface area contributed by atoms with Crippen LogP contribution in [0, 0.1) is 0 Å². The second-order valence-electron chi connectivity index (χ2n) is 6.86. The monoisotopic (exact) mass is 454 g/mol. The topological polar surface area (TPSA) is 66.5 Å². The fourth-order valence-electron chi connectivity index (χ4n) is 3.29. The summed E-state index contributed by atoms with van der Waals surface area (Å²) in [6.45, 7) is 4.10. The lowest BCUT2D eigenvalue weighted by Crippen LogP contribution is -2.30. The van der Waals surface area contributed by atoms with Crippen molar-refractivity contribution in [3.63, 3.8) is 0 Å². The number of rotatable bonds is 8. The Balaban J connectivity index is 1.82. The maximum Gasteiger partial charge on any atom is 0.264 e. The number of para-hydroxylation sites is 1. The van der Waals surface area contributed by atoms with E-state index in [1.807, 2.05) is 37.4 Å². The highest BCUT2D eigenvalue weighted by Crippen LogP contribution is 2.26. The van der Waals surface area contributed by atoms with Crippen LogP contribution in [0.2, 0.25) is 0 Å². The van der Waals surface area contributed by atoms with E-state index in [0.29, 0.717) is 11.3 Å². The van der Waals surface area contributed by atoms with Crippen LogP contribution in [0.25, 0.3) is 0 Å². The first-order chi connectivity index (χ1) is 14.9. The van der Waals surface area contributed by atoms with E-state index in [4.69, 9.17) is 0 Å². The molecule has 0 atom stereocenters. The summed E-state index contributed by atoms with van der Waals surface area (Å²) in [4.78, 5) is 13.9. The van der Waals surface area contributed by atoms with Gasteiger partial charge in [0.1, 0.15) is 0 Å². The van der Waals surface area contributed by atoms with Crippen LogP contribution in [-0.4, -0.2) is 27.1 Å². The van der Waals surface area contributed by atoms with Crippen molar-refractivity contribution in [2.75, 3.05) is 22.4 Å². The predicted octanol–water partition coefficient (Wildman–Crippen LogP) is 5.44. The SMILES string of the molecule is CCc1ccccc1NC(=O)c1ccc(N(CC)S(=O)(=O)c2ccc(SC)cc2)cc1. The third-order valence-corrected chi connectivity index (χ3v) is 7.66. The first-order valence-corrected chi connectivity index (χ1v) is 12.7. The van der Waals surface area contributed by atoms with Gasteiger partial charge in [0.2, 0.25) is 0 Å². The zero-order valence-electron chi connectivity index (χ0n) is 17.8. The number of hydrogen-bond donors (Lipinski definition) is 1. The van der Waals surface area contributed by atoms with Gasteiger partial charge in [-0.15, -0.1) is 11.8 Å². The smallest absolute Gasteiger partial charge is 0.264 e. The van der Waals surface area contributed by atoms with E-state index in [1.54, 1.807) is 67.2 Å². The average Bonchev–Trinajstić information content (AvgIpc) is 2.80. The summed E-state index contributed by atoms with van der Waals surface area (Å²) in [5.41, 5.74) is 2.82. The normalized spacial score (nSPS) is 11.2. The molecule has 0 aliphatic carbocycles. The number of benzene rings is 3. The lowest BCUT2D eigenvalue weighted by molar-refractivity contribution is 0.102. The van der Waals surface area contributed by atoms with Gasteiger partial charge >= 0.3 is 0 Å². The van der Waals surface area contributed by atoms with Gasteiger partial charge in [-0.25, -0.2) is 8.42 Å². The molecule has 5 nitrogen and oxygen atoms in total. The van der Waals surface area contributed by atoms with E-state index in [0.717, 1.165) is 22.6 Å². The molecule has 162 valence electrons. The van der Waals surface area contributed by atoms with Gasteiger partial charge in [-0.05, 0) is 79.8 Å². The predicted molar refractivity (Wildman–Crippen MR) is 129 cm³/mol. The average molecular weight is 455 g/mol. The molecule has 0 saturated heterocycles. The molecule has 0 heterocycles. The Morgan fingerprint density at radius 3 is 2.16 bits per heavy atom. The van der Waals surface area contributed by atoms with E-state index in [1.165, 1.54) is 4.31 Å². The standard InChI is InChI=1S/C24H26N2O3S2/c1-4-18-8-6-7-9-23(18)25-24(27)19-10-12-20(13-11-19)26(5-2)31(28,29)22-16-14-21(30-3)15-17-22/h6-17H,4-5H2,1-3H3,(H,25,27). The number of thioether (sulfide) groups is 1. The van der Waals surface area contributed by atoms with Crippen LogP contribution in [0.15, 0.2) is 82.6 Å². The molecular weight excluding hydrogens is 428 g/mol. The Morgan fingerprint density at radius 2 is 1.58 bits per heavy atom. The largest absolute Gasteiger partial charge is 0.322 e. The minimum absolute atomic E-state index is 0.231. The first kappa shape index (κ1) is 22.9. The fraction of sp³-hybridized carbons (Fsp3) is 0.208. The second kappa shape index (κ2) is 10.0. The van der Waals surface area contributed by atoms with E-state index < -0.39 is 10.0 Å². The van der Waals surface area contributed by atoms with Crippen molar-refractivity contribution in [1.29, 1.82) is 0 Å². The third-order valence-electron chi connectivity index (χ3n) is 5.00. The molecule has 0 aliphatic rings. The van der Waals surface area contributed by atoms with Crippen molar-refractivity contribution in [2.24, 2.45) is 0 Å². The Morgan fingerprint density at radius 1 is 0.935 bits per heavy atom. The summed E-state index contributed by atoms with van der Waals surface area (Å²) in [6, 6.07) is 21.1. The van der Waals surface area contributed by atoms with Gasteiger partial charge < -0.3 is 5.32 Å². The first-order valence-electron chi connectivity index (χ1n) is 10.1. The fourth-order valence-corrected chi connectivity index (χ4v) is 5.17. The molecule has 1 amide bonds. The minimum Gasteiger partial charge on any atom is -0.322 e. The molecule has 3 aromatic rings. The van der Waals surface area contributed by atoms with E-state index in [-0.39, 0.29) is 17.3 Å². The lowest BCUT2D eigenvalue weighted by atomic mass is 10.1.